The van der Waals surface area contributed by atoms with Gasteiger partial charge < -0.3 is 0 Å². The molecule has 0 aromatic heterocycles. The fraction of sp³-hybridized carbons (Fsp3) is 0.650. The summed E-state index contributed by atoms with van der Waals surface area (Å²) in [5, 5.41) is 0. The quantitative estimate of drug-likeness (QED) is 0.705. The molecule has 0 heterocycles. The standard InChI is InChI=1S/C20H26O/c1-13-3-4-14(2)18(5-13)19(21)12-20-9-15-6-16(10-20)8-17(7-15)11-20/h3-5,15-17H,6-12H2,1-2H3. The Hall–Kier alpha value is -1.11. The second kappa shape index (κ2) is 4.69. The highest BCUT2D eigenvalue weighted by molar-refractivity contribution is 5.98. The molecule has 4 bridgehead atoms. The largest absolute Gasteiger partial charge is 0.294 e. The lowest BCUT2D eigenvalue weighted by Gasteiger charge is -2.56. The number of benzene rings is 1. The molecule has 0 aliphatic heterocycles. The molecule has 0 amide bonds. The van der Waals surface area contributed by atoms with Gasteiger partial charge in [0.05, 0.1) is 0 Å². The molecule has 5 rings (SSSR count). The van der Waals surface area contributed by atoms with E-state index >= 15 is 0 Å². The summed E-state index contributed by atoms with van der Waals surface area (Å²) < 4.78 is 0. The summed E-state index contributed by atoms with van der Waals surface area (Å²) in [6.45, 7) is 4.16. The van der Waals surface area contributed by atoms with Gasteiger partial charge in [-0.3, -0.25) is 4.79 Å². The topological polar surface area (TPSA) is 17.1 Å². The molecule has 1 heteroatoms. The molecule has 0 radical (unpaired) electrons. The van der Waals surface area contributed by atoms with Crippen molar-refractivity contribution in [2.75, 3.05) is 0 Å². The SMILES string of the molecule is Cc1ccc(C)c(C(=O)CC23CC4CC(CC(C4)C2)C3)c1. The lowest BCUT2D eigenvalue weighted by molar-refractivity contribution is -0.0524. The van der Waals surface area contributed by atoms with Crippen LogP contribution in [0.3, 0.4) is 0 Å². The summed E-state index contributed by atoms with van der Waals surface area (Å²) in [6, 6.07) is 6.30. The van der Waals surface area contributed by atoms with Crippen molar-refractivity contribution in [2.45, 2.75) is 58.8 Å². The number of aryl methyl sites for hydroxylation is 2. The summed E-state index contributed by atoms with van der Waals surface area (Å²) in [6.07, 6.45) is 9.16. The molecule has 4 aliphatic carbocycles. The highest BCUT2D eigenvalue weighted by Crippen LogP contribution is 2.61. The number of ketones is 1. The van der Waals surface area contributed by atoms with Gasteiger partial charge in [-0.2, -0.15) is 0 Å². The van der Waals surface area contributed by atoms with E-state index in [0.717, 1.165) is 35.3 Å². The molecule has 0 N–H and O–H groups in total. The second-order valence-corrected chi connectivity index (χ2v) is 8.34. The zero-order chi connectivity index (χ0) is 14.6. The molecule has 4 aliphatic rings. The van der Waals surface area contributed by atoms with Crippen molar-refractivity contribution in [3.8, 4) is 0 Å². The van der Waals surface area contributed by atoms with Gasteiger partial charge in [-0.15, -0.1) is 0 Å². The second-order valence-electron chi connectivity index (χ2n) is 8.34. The van der Waals surface area contributed by atoms with Gasteiger partial charge in [-0.05, 0) is 87.2 Å². The summed E-state index contributed by atoms with van der Waals surface area (Å²) in [5.74, 6) is 3.20. The first-order chi connectivity index (χ1) is 10.0. The normalized spacial score (nSPS) is 37.0. The Morgan fingerprint density at radius 2 is 1.62 bits per heavy atom. The van der Waals surface area contributed by atoms with Gasteiger partial charge in [0.2, 0.25) is 0 Å². The Morgan fingerprint density at radius 1 is 1.05 bits per heavy atom. The maximum Gasteiger partial charge on any atom is 0.163 e. The minimum atomic E-state index is 0.363. The highest BCUT2D eigenvalue weighted by Gasteiger charge is 2.51. The molecular formula is C20H26O. The molecule has 0 atom stereocenters. The van der Waals surface area contributed by atoms with E-state index in [1.165, 1.54) is 44.1 Å². The van der Waals surface area contributed by atoms with Crippen molar-refractivity contribution >= 4 is 5.78 Å². The Balaban J connectivity index is 1.58. The van der Waals surface area contributed by atoms with E-state index in [1.807, 2.05) is 0 Å². The van der Waals surface area contributed by atoms with E-state index in [-0.39, 0.29) is 0 Å². The highest BCUT2D eigenvalue weighted by atomic mass is 16.1. The van der Waals surface area contributed by atoms with Gasteiger partial charge in [-0.25, -0.2) is 0 Å². The lowest BCUT2D eigenvalue weighted by atomic mass is 9.48. The van der Waals surface area contributed by atoms with Crippen LogP contribution < -0.4 is 0 Å². The van der Waals surface area contributed by atoms with Crippen LogP contribution in [0, 0.1) is 37.0 Å². The van der Waals surface area contributed by atoms with Crippen molar-refractivity contribution in [3.63, 3.8) is 0 Å². The summed E-state index contributed by atoms with van der Waals surface area (Å²) >= 11 is 0. The first kappa shape index (κ1) is 13.5. The molecule has 1 aromatic carbocycles. The minimum absolute atomic E-state index is 0.363. The fourth-order valence-electron chi connectivity index (χ4n) is 5.98. The third kappa shape index (κ3) is 2.35. The van der Waals surface area contributed by atoms with E-state index in [2.05, 4.69) is 32.0 Å². The number of hydrogen-bond acceptors (Lipinski definition) is 1. The summed E-state index contributed by atoms with van der Waals surface area (Å²) in [4.78, 5) is 12.9. The molecule has 112 valence electrons. The van der Waals surface area contributed by atoms with Gasteiger partial charge in [0.1, 0.15) is 0 Å². The van der Waals surface area contributed by atoms with Crippen LogP contribution >= 0.6 is 0 Å². The van der Waals surface area contributed by atoms with Crippen molar-refractivity contribution < 1.29 is 4.79 Å². The van der Waals surface area contributed by atoms with E-state index in [1.54, 1.807) is 0 Å². The van der Waals surface area contributed by atoms with E-state index in [9.17, 15) is 4.79 Å². The zero-order valence-corrected chi connectivity index (χ0v) is 13.3. The monoisotopic (exact) mass is 282 g/mol. The molecular weight excluding hydrogens is 256 g/mol. The maximum atomic E-state index is 12.9. The molecule has 1 aromatic rings. The van der Waals surface area contributed by atoms with Crippen molar-refractivity contribution in [1.82, 2.24) is 0 Å². The van der Waals surface area contributed by atoms with E-state index in [4.69, 9.17) is 0 Å². The number of rotatable bonds is 3. The third-order valence-corrected chi connectivity index (χ3v) is 6.39. The predicted molar refractivity (Wildman–Crippen MR) is 85.5 cm³/mol. The molecule has 0 saturated heterocycles. The van der Waals surface area contributed by atoms with Crippen LogP contribution in [0.1, 0.15) is 66.4 Å². The Morgan fingerprint density at radius 3 is 2.19 bits per heavy atom. The van der Waals surface area contributed by atoms with Crippen LogP contribution in [-0.4, -0.2) is 5.78 Å². The van der Waals surface area contributed by atoms with Crippen molar-refractivity contribution in [1.29, 1.82) is 0 Å². The van der Waals surface area contributed by atoms with Gasteiger partial charge in [0.25, 0.3) is 0 Å². The Labute approximate surface area is 128 Å². The maximum absolute atomic E-state index is 12.9. The van der Waals surface area contributed by atoms with Gasteiger partial charge in [-0.1, -0.05) is 17.7 Å². The van der Waals surface area contributed by atoms with E-state index < -0.39 is 0 Å². The number of carbonyl (C=O) groups excluding carboxylic acids is 1. The van der Waals surface area contributed by atoms with Crippen LogP contribution in [-0.2, 0) is 0 Å². The van der Waals surface area contributed by atoms with Gasteiger partial charge >= 0.3 is 0 Å². The average Bonchev–Trinajstić information content (AvgIpc) is 2.39. The Kier molecular flexibility index (Phi) is 3.03. The van der Waals surface area contributed by atoms with Crippen LogP contribution in [0.4, 0.5) is 0 Å². The number of Topliss-reactive ketones (excluding diaryl/α,β-unsaturated/α-hetero) is 1. The van der Waals surface area contributed by atoms with Crippen molar-refractivity contribution in [2.24, 2.45) is 23.2 Å². The van der Waals surface area contributed by atoms with Gasteiger partial charge in [0, 0.05) is 12.0 Å². The number of carbonyl (C=O) groups is 1. The van der Waals surface area contributed by atoms with Crippen molar-refractivity contribution in [3.05, 3.63) is 34.9 Å². The van der Waals surface area contributed by atoms with E-state index in [0.29, 0.717) is 11.2 Å². The molecule has 1 nitrogen and oxygen atoms in total. The zero-order valence-electron chi connectivity index (χ0n) is 13.3. The van der Waals surface area contributed by atoms with Crippen LogP contribution in [0.2, 0.25) is 0 Å². The average molecular weight is 282 g/mol. The minimum Gasteiger partial charge on any atom is -0.294 e. The summed E-state index contributed by atoms with van der Waals surface area (Å²) in [5.41, 5.74) is 3.69. The molecule has 0 spiro atoms. The first-order valence-electron chi connectivity index (χ1n) is 8.63. The predicted octanol–water partition coefficient (Wildman–Crippen LogP) is 5.09. The first-order valence-corrected chi connectivity index (χ1v) is 8.63. The molecule has 4 saturated carbocycles. The Bertz CT molecular complexity index is 548. The molecule has 0 unspecified atom stereocenters. The number of hydrogen-bond donors (Lipinski definition) is 0. The lowest BCUT2D eigenvalue weighted by Crippen LogP contribution is -2.46. The smallest absolute Gasteiger partial charge is 0.163 e. The van der Waals surface area contributed by atoms with Crippen LogP contribution in [0.25, 0.3) is 0 Å². The van der Waals surface area contributed by atoms with Crippen LogP contribution in [0.15, 0.2) is 18.2 Å². The fourth-order valence-corrected chi connectivity index (χ4v) is 5.98. The third-order valence-electron chi connectivity index (χ3n) is 6.39. The summed E-state index contributed by atoms with van der Waals surface area (Å²) in [7, 11) is 0. The van der Waals surface area contributed by atoms with Gasteiger partial charge in [0.15, 0.2) is 5.78 Å². The molecule has 21 heavy (non-hydrogen) atoms. The molecule has 4 fully saturated rings. The van der Waals surface area contributed by atoms with Crippen LogP contribution in [0.5, 0.6) is 0 Å².